The van der Waals surface area contributed by atoms with E-state index in [-0.39, 0.29) is 0 Å². The van der Waals surface area contributed by atoms with Crippen LogP contribution in [0.1, 0.15) is 20.7 Å². The zero-order valence-electron chi connectivity index (χ0n) is 7.06. The molecule has 0 bridgehead atoms. The van der Waals surface area contributed by atoms with Crippen molar-refractivity contribution in [1.29, 1.82) is 0 Å². The van der Waals surface area contributed by atoms with E-state index >= 15 is 0 Å². The summed E-state index contributed by atoms with van der Waals surface area (Å²) in [6.07, 6.45) is 3.39. The normalized spacial score (nSPS) is 14.6. The molecular formula is C10H5NO3. The maximum Gasteiger partial charge on any atom is 0.349 e. The maximum atomic E-state index is 11.3. The Labute approximate surface area is 78.7 Å². The first kappa shape index (κ1) is 7.32. The number of carbonyl (C=O) groups is 2. The molecule has 2 aromatic rings. The fourth-order valence-electron chi connectivity index (χ4n) is 1.68. The minimum Gasteiger partial charge on any atom is -0.386 e. The van der Waals surface area contributed by atoms with Gasteiger partial charge in [0.25, 0.3) is 0 Å². The first-order valence-corrected chi connectivity index (χ1v) is 4.13. The van der Waals surface area contributed by atoms with Crippen LogP contribution in [0.2, 0.25) is 0 Å². The van der Waals surface area contributed by atoms with E-state index in [1.165, 1.54) is 0 Å². The smallest absolute Gasteiger partial charge is 0.349 e. The molecule has 0 unspecified atom stereocenters. The monoisotopic (exact) mass is 187 g/mol. The minimum atomic E-state index is -0.561. The molecule has 0 atom stereocenters. The van der Waals surface area contributed by atoms with Crippen molar-refractivity contribution in [2.24, 2.45) is 0 Å². The van der Waals surface area contributed by atoms with Crippen molar-refractivity contribution in [3.63, 3.8) is 0 Å². The lowest BCUT2D eigenvalue weighted by Crippen LogP contribution is -2.00. The number of aromatic nitrogens is 1. The molecule has 1 aliphatic rings. The van der Waals surface area contributed by atoms with Crippen LogP contribution in [0.15, 0.2) is 30.6 Å². The van der Waals surface area contributed by atoms with E-state index < -0.39 is 11.9 Å². The Morgan fingerprint density at radius 3 is 2.86 bits per heavy atom. The molecule has 0 radical (unpaired) electrons. The van der Waals surface area contributed by atoms with Crippen molar-refractivity contribution in [3.8, 4) is 0 Å². The van der Waals surface area contributed by atoms with E-state index in [0.717, 1.165) is 0 Å². The third kappa shape index (κ3) is 0.724. The zero-order chi connectivity index (χ0) is 9.71. The van der Waals surface area contributed by atoms with Gasteiger partial charge in [-0.2, -0.15) is 0 Å². The van der Waals surface area contributed by atoms with E-state index in [4.69, 9.17) is 0 Å². The highest BCUT2D eigenvalue weighted by molar-refractivity contribution is 6.18. The van der Waals surface area contributed by atoms with Crippen LogP contribution in [-0.2, 0) is 4.74 Å². The van der Waals surface area contributed by atoms with Crippen molar-refractivity contribution >= 4 is 17.5 Å². The van der Waals surface area contributed by atoms with Gasteiger partial charge in [0, 0.05) is 12.4 Å². The van der Waals surface area contributed by atoms with Gasteiger partial charge in [-0.1, -0.05) is 6.07 Å². The third-order valence-corrected chi connectivity index (χ3v) is 2.29. The Hall–Kier alpha value is -2.10. The average Bonchev–Trinajstić information content (AvgIpc) is 2.66. The molecule has 1 aliphatic heterocycles. The summed E-state index contributed by atoms with van der Waals surface area (Å²) in [6, 6.07) is 5.42. The predicted molar refractivity (Wildman–Crippen MR) is 47.1 cm³/mol. The lowest BCUT2D eigenvalue weighted by molar-refractivity contribution is 0.0443. The number of hydrogen-bond acceptors (Lipinski definition) is 3. The van der Waals surface area contributed by atoms with Crippen LogP contribution >= 0.6 is 0 Å². The van der Waals surface area contributed by atoms with E-state index in [1.807, 2.05) is 12.1 Å². The van der Waals surface area contributed by atoms with Crippen LogP contribution in [0.3, 0.4) is 0 Å². The van der Waals surface area contributed by atoms with Crippen molar-refractivity contribution in [2.75, 3.05) is 0 Å². The molecule has 0 aliphatic carbocycles. The summed E-state index contributed by atoms with van der Waals surface area (Å²) in [7, 11) is 0. The largest absolute Gasteiger partial charge is 0.386 e. The van der Waals surface area contributed by atoms with Crippen LogP contribution < -0.4 is 0 Å². The van der Waals surface area contributed by atoms with Crippen LogP contribution in [0.4, 0.5) is 0 Å². The molecule has 0 aromatic carbocycles. The fourth-order valence-corrected chi connectivity index (χ4v) is 1.68. The van der Waals surface area contributed by atoms with E-state index in [1.54, 1.807) is 22.9 Å². The highest BCUT2D eigenvalue weighted by atomic mass is 16.6. The summed E-state index contributed by atoms with van der Waals surface area (Å²) < 4.78 is 6.23. The molecule has 0 fully saturated rings. The van der Waals surface area contributed by atoms with Crippen LogP contribution in [-0.4, -0.2) is 16.3 Å². The maximum absolute atomic E-state index is 11.3. The van der Waals surface area contributed by atoms with Crippen molar-refractivity contribution in [1.82, 2.24) is 4.40 Å². The number of nitrogens with zero attached hydrogens (tertiary/aromatic N) is 1. The SMILES string of the molecule is O=C1OC(=O)c2c1cn1ccccc21. The number of carbonyl (C=O) groups excluding carboxylic acids is 2. The highest BCUT2D eigenvalue weighted by Gasteiger charge is 2.33. The van der Waals surface area contributed by atoms with Gasteiger partial charge >= 0.3 is 11.9 Å². The molecule has 0 saturated carbocycles. The van der Waals surface area contributed by atoms with E-state index in [2.05, 4.69) is 4.74 Å². The number of fused-ring (bicyclic) bond motifs is 3. The molecule has 4 heteroatoms. The van der Waals surface area contributed by atoms with Crippen molar-refractivity contribution in [2.45, 2.75) is 0 Å². The number of esters is 2. The Morgan fingerprint density at radius 2 is 2.00 bits per heavy atom. The van der Waals surface area contributed by atoms with Gasteiger partial charge in [-0.25, -0.2) is 9.59 Å². The van der Waals surface area contributed by atoms with Gasteiger partial charge in [0.05, 0.1) is 11.1 Å². The highest BCUT2D eigenvalue weighted by Crippen LogP contribution is 2.25. The Bertz CT molecular complexity index is 568. The fraction of sp³-hybridized carbons (Fsp3) is 0. The number of cyclic esters (lactones) is 2. The number of hydrogen-bond donors (Lipinski definition) is 0. The van der Waals surface area contributed by atoms with Gasteiger partial charge in [-0.05, 0) is 12.1 Å². The minimum absolute atomic E-state index is 0.348. The number of ether oxygens (including phenoxy) is 1. The topological polar surface area (TPSA) is 47.8 Å². The molecule has 4 nitrogen and oxygen atoms in total. The van der Waals surface area contributed by atoms with Crippen LogP contribution in [0, 0.1) is 0 Å². The summed E-state index contributed by atoms with van der Waals surface area (Å²) in [6.45, 7) is 0. The van der Waals surface area contributed by atoms with E-state index in [0.29, 0.717) is 16.6 Å². The Kier molecular flexibility index (Phi) is 1.16. The summed E-state index contributed by atoms with van der Waals surface area (Å²) >= 11 is 0. The standard InChI is InChI=1S/C10H5NO3/c12-9-6-5-11-4-2-1-3-7(11)8(6)10(13)14-9/h1-5H. The van der Waals surface area contributed by atoms with E-state index in [9.17, 15) is 9.59 Å². The van der Waals surface area contributed by atoms with Gasteiger partial charge in [0.15, 0.2) is 0 Å². The number of pyridine rings is 1. The molecule has 2 aromatic heterocycles. The lowest BCUT2D eigenvalue weighted by Gasteiger charge is -1.94. The lowest BCUT2D eigenvalue weighted by atomic mass is 10.2. The first-order valence-electron chi connectivity index (χ1n) is 4.13. The molecular weight excluding hydrogens is 182 g/mol. The molecule has 0 amide bonds. The van der Waals surface area contributed by atoms with Crippen LogP contribution in [0.5, 0.6) is 0 Å². The van der Waals surface area contributed by atoms with Gasteiger partial charge in [-0.3, -0.25) is 0 Å². The Balaban J connectivity index is 2.49. The summed E-state index contributed by atoms with van der Waals surface area (Å²) in [5.41, 5.74) is 1.43. The molecule has 0 N–H and O–H groups in total. The predicted octanol–water partition coefficient (Wildman–Crippen LogP) is 1.25. The zero-order valence-corrected chi connectivity index (χ0v) is 7.06. The molecule has 3 rings (SSSR count). The molecule has 0 saturated heterocycles. The van der Waals surface area contributed by atoms with Gasteiger partial charge in [0.2, 0.25) is 0 Å². The Morgan fingerprint density at radius 1 is 1.14 bits per heavy atom. The quantitative estimate of drug-likeness (QED) is 0.460. The molecule has 14 heavy (non-hydrogen) atoms. The second-order valence-corrected chi connectivity index (χ2v) is 3.09. The first-order chi connectivity index (χ1) is 6.77. The van der Waals surface area contributed by atoms with Crippen molar-refractivity contribution < 1.29 is 14.3 Å². The van der Waals surface area contributed by atoms with Crippen LogP contribution in [0.25, 0.3) is 5.52 Å². The summed E-state index contributed by atoms with van der Waals surface area (Å²) in [5, 5.41) is 0. The van der Waals surface area contributed by atoms with Crippen molar-refractivity contribution in [3.05, 3.63) is 41.7 Å². The van der Waals surface area contributed by atoms with Gasteiger partial charge in [0.1, 0.15) is 5.56 Å². The van der Waals surface area contributed by atoms with Gasteiger partial charge < -0.3 is 9.14 Å². The summed E-state index contributed by atoms with van der Waals surface area (Å²) in [5.74, 6) is -1.12. The number of rotatable bonds is 0. The molecule has 68 valence electrons. The summed E-state index contributed by atoms with van der Waals surface area (Å²) in [4.78, 5) is 22.5. The van der Waals surface area contributed by atoms with Gasteiger partial charge in [-0.15, -0.1) is 0 Å². The second-order valence-electron chi connectivity index (χ2n) is 3.09. The average molecular weight is 187 g/mol. The second kappa shape index (κ2) is 2.23. The third-order valence-electron chi connectivity index (χ3n) is 2.29. The molecule has 3 heterocycles. The molecule has 0 spiro atoms.